The van der Waals surface area contributed by atoms with Gasteiger partial charge in [-0.3, -0.25) is 0 Å². The van der Waals surface area contributed by atoms with Crippen LogP contribution in [0.1, 0.15) is 18.4 Å². The summed E-state index contributed by atoms with van der Waals surface area (Å²) in [6.07, 6.45) is 4.45. The van der Waals surface area contributed by atoms with Crippen LogP contribution in [0.2, 0.25) is 0 Å². The third-order valence-electron chi connectivity index (χ3n) is 3.21. The fourth-order valence-electron chi connectivity index (χ4n) is 2.02. The Morgan fingerprint density at radius 3 is 2.60 bits per heavy atom. The van der Waals surface area contributed by atoms with E-state index in [1.54, 1.807) is 7.11 Å². The third kappa shape index (κ3) is 5.08. The third-order valence-corrected chi connectivity index (χ3v) is 6.20. The van der Waals surface area contributed by atoms with Gasteiger partial charge in [0.2, 0.25) is 0 Å². The molecule has 0 saturated carbocycles. The molecule has 2 nitrogen and oxygen atoms in total. The molecule has 0 N–H and O–H groups in total. The van der Waals surface area contributed by atoms with Crippen molar-refractivity contribution >= 4 is 23.5 Å². The highest BCUT2D eigenvalue weighted by Crippen LogP contribution is 2.34. The standard InChI is InChI=1S/C16H22O2S2/c1-3-14(11-16-19-9-4-10-20-16)18-12-13-5-7-15(17-2)8-6-13/h3,5-8,14,16H,1,4,9-12H2,2H3/t14-/m1/s1. The van der Waals surface area contributed by atoms with Crippen LogP contribution < -0.4 is 4.74 Å². The minimum absolute atomic E-state index is 0.139. The number of ether oxygens (including phenoxy) is 2. The van der Waals surface area contributed by atoms with Crippen LogP contribution in [0.5, 0.6) is 5.75 Å². The second-order valence-electron chi connectivity index (χ2n) is 4.69. The second kappa shape index (κ2) is 8.65. The Morgan fingerprint density at radius 1 is 1.30 bits per heavy atom. The predicted molar refractivity (Wildman–Crippen MR) is 89.7 cm³/mol. The Hall–Kier alpha value is -0.580. The summed E-state index contributed by atoms with van der Waals surface area (Å²) in [5.41, 5.74) is 1.17. The highest BCUT2D eigenvalue weighted by molar-refractivity contribution is 8.17. The van der Waals surface area contributed by atoms with E-state index >= 15 is 0 Å². The molecule has 110 valence electrons. The number of benzene rings is 1. The molecule has 1 saturated heterocycles. The number of rotatable bonds is 7. The molecule has 20 heavy (non-hydrogen) atoms. The zero-order valence-electron chi connectivity index (χ0n) is 11.9. The molecule has 0 spiro atoms. The van der Waals surface area contributed by atoms with E-state index in [9.17, 15) is 0 Å². The fourth-order valence-corrected chi connectivity index (χ4v) is 4.96. The van der Waals surface area contributed by atoms with Gasteiger partial charge in [0.25, 0.3) is 0 Å². The Morgan fingerprint density at radius 2 is 2.00 bits per heavy atom. The van der Waals surface area contributed by atoms with Gasteiger partial charge in [0.1, 0.15) is 5.75 Å². The molecule has 1 heterocycles. The van der Waals surface area contributed by atoms with Crippen LogP contribution in [0.3, 0.4) is 0 Å². The maximum atomic E-state index is 5.97. The molecule has 0 aromatic heterocycles. The van der Waals surface area contributed by atoms with Gasteiger partial charge in [-0.1, -0.05) is 18.2 Å². The molecular formula is C16H22O2S2. The second-order valence-corrected chi connectivity index (χ2v) is 7.61. The van der Waals surface area contributed by atoms with E-state index in [4.69, 9.17) is 9.47 Å². The highest BCUT2D eigenvalue weighted by Gasteiger charge is 2.18. The summed E-state index contributed by atoms with van der Waals surface area (Å²) in [5.74, 6) is 3.43. The molecule has 0 bridgehead atoms. The van der Waals surface area contributed by atoms with E-state index in [0.717, 1.165) is 12.2 Å². The Labute approximate surface area is 130 Å². The quantitative estimate of drug-likeness (QED) is 0.697. The summed E-state index contributed by atoms with van der Waals surface area (Å²) in [6.45, 7) is 4.53. The minimum Gasteiger partial charge on any atom is -0.497 e. The van der Waals surface area contributed by atoms with Crippen LogP contribution in [-0.2, 0) is 11.3 Å². The fraction of sp³-hybridized carbons (Fsp3) is 0.500. The topological polar surface area (TPSA) is 18.5 Å². The highest BCUT2D eigenvalue weighted by atomic mass is 32.2. The van der Waals surface area contributed by atoms with Crippen molar-refractivity contribution in [2.75, 3.05) is 18.6 Å². The summed E-state index contributed by atoms with van der Waals surface area (Å²) in [7, 11) is 1.68. The SMILES string of the molecule is C=C[C@H](CC1SCCCS1)OCc1ccc(OC)cc1. The summed E-state index contributed by atoms with van der Waals surface area (Å²) in [6, 6.07) is 8.02. The van der Waals surface area contributed by atoms with Crippen LogP contribution in [0.4, 0.5) is 0 Å². The average molecular weight is 310 g/mol. The lowest BCUT2D eigenvalue weighted by atomic mass is 10.2. The van der Waals surface area contributed by atoms with E-state index in [-0.39, 0.29) is 6.10 Å². The molecule has 1 aliphatic rings. The first-order chi connectivity index (χ1) is 9.81. The first-order valence-electron chi connectivity index (χ1n) is 6.92. The molecule has 0 aliphatic carbocycles. The lowest BCUT2D eigenvalue weighted by Gasteiger charge is -2.24. The first kappa shape index (κ1) is 15.8. The Kier molecular flexibility index (Phi) is 6.83. The van der Waals surface area contributed by atoms with Crippen molar-refractivity contribution in [3.8, 4) is 5.75 Å². The van der Waals surface area contributed by atoms with Crippen molar-refractivity contribution in [2.45, 2.75) is 30.1 Å². The van der Waals surface area contributed by atoms with Crippen LogP contribution in [-0.4, -0.2) is 29.3 Å². The smallest absolute Gasteiger partial charge is 0.118 e. The normalized spacial score (nSPS) is 17.6. The van der Waals surface area contributed by atoms with E-state index < -0.39 is 0 Å². The molecule has 0 radical (unpaired) electrons. The van der Waals surface area contributed by atoms with Gasteiger partial charge in [-0.2, -0.15) is 0 Å². The summed E-state index contributed by atoms with van der Waals surface area (Å²) < 4.78 is 11.8. The van der Waals surface area contributed by atoms with Crippen LogP contribution in [0.25, 0.3) is 0 Å². The summed E-state index contributed by atoms with van der Waals surface area (Å²) in [4.78, 5) is 0. The Balaban J connectivity index is 1.78. The van der Waals surface area contributed by atoms with Crippen molar-refractivity contribution in [3.63, 3.8) is 0 Å². The van der Waals surface area contributed by atoms with E-state index in [1.165, 1.54) is 23.5 Å². The molecular weight excluding hydrogens is 288 g/mol. The van der Waals surface area contributed by atoms with Crippen molar-refractivity contribution in [2.24, 2.45) is 0 Å². The van der Waals surface area contributed by atoms with Gasteiger partial charge in [0, 0.05) is 0 Å². The first-order valence-corrected chi connectivity index (χ1v) is 9.02. The van der Waals surface area contributed by atoms with E-state index in [1.807, 2.05) is 30.3 Å². The van der Waals surface area contributed by atoms with Crippen LogP contribution >= 0.6 is 23.5 Å². The number of hydrogen-bond acceptors (Lipinski definition) is 4. The summed E-state index contributed by atoms with van der Waals surface area (Å²) in [5, 5.41) is 0. The van der Waals surface area contributed by atoms with Crippen LogP contribution in [0, 0.1) is 0 Å². The van der Waals surface area contributed by atoms with Gasteiger partial charge in [0.05, 0.1) is 24.4 Å². The molecule has 1 fully saturated rings. The lowest BCUT2D eigenvalue weighted by Crippen LogP contribution is -2.17. The molecule has 1 aliphatic heterocycles. The molecule has 1 atom stereocenters. The van der Waals surface area contributed by atoms with Gasteiger partial charge in [0.15, 0.2) is 0 Å². The van der Waals surface area contributed by atoms with Gasteiger partial charge < -0.3 is 9.47 Å². The van der Waals surface area contributed by atoms with Crippen molar-refractivity contribution in [1.82, 2.24) is 0 Å². The minimum atomic E-state index is 0.139. The lowest BCUT2D eigenvalue weighted by molar-refractivity contribution is 0.0695. The van der Waals surface area contributed by atoms with Gasteiger partial charge in [-0.05, 0) is 42.0 Å². The molecule has 1 aromatic carbocycles. The number of methoxy groups -OCH3 is 1. The Bertz CT molecular complexity index is 399. The average Bonchev–Trinajstić information content (AvgIpc) is 2.53. The molecule has 0 amide bonds. The van der Waals surface area contributed by atoms with Crippen molar-refractivity contribution in [3.05, 3.63) is 42.5 Å². The van der Waals surface area contributed by atoms with Gasteiger partial charge >= 0.3 is 0 Å². The van der Waals surface area contributed by atoms with E-state index in [2.05, 4.69) is 30.1 Å². The molecule has 4 heteroatoms. The van der Waals surface area contributed by atoms with Crippen LogP contribution in [0.15, 0.2) is 36.9 Å². The maximum Gasteiger partial charge on any atom is 0.118 e. The molecule has 1 aromatic rings. The molecule has 0 unspecified atom stereocenters. The number of hydrogen-bond donors (Lipinski definition) is 0. The monoisotopic (exact) mass is 310 g/mol. The predicted octanol–water partition coefficient (Wildman–Crippen LogP) is 4.35. The largest absolute Gasteiger partial charge is 0.497 e. The van der Waals surface area contributed by atoms with Crippen molar-refractivity contribution in [1.29, 1.82) is 0 Å². The van der Waals surface area contributed by atoms with Gasteiger partial charge in [-0.25, -0.2) is 0 Å². The molecule has 2 rings (SSSR count). The van der Waals surface area contributed by atoms with Gasteiger partial charge in [-0.15, -0.1) is 30.1 Å². The maximum absolute atomic E-state index is 5.97. The number of thioether (sulfide) groups is 2. The zero-order valence-corrected chi connectivity index (χ0v) is 13.6. The summed E-state index contributed by atoms with van der Waals surface area (Å²) >= 11 is 4.10. The van der Waals surface area contributed by atoms with E-state index in [0.29, 0.717) is 11.2 Å². The zero-order chi connectivity index (χ0) is 14.2. The van der Waals surface area contributed by atoms with Crippen molar-refractivity contribution < 1.29 is 9.47 Å².